The Bertz CT molecular complexity index is 1560. The average Bonchev–Trinajstić information content (AvgIpc) is 3.37. The zero-order valence-corrected chi connectivity index (χ0v) is 24.7. The van der Waals surface area contributed by atoms with Crippen molar-refractivity contribution >= 4 is 34.4 Å². The van der Waals surface area contributed by atoms with Gasteiger partial charge in [0.05, 0.1) is 41.2 Å². The van der Waals surface area contributed by atoms with Crippen LogP contribution in [0.1, 0.15) is 34.6 Å². The van der Waals surface area contributed by atoms with E-state index in [0.717, 1.165) is 42.0 Å². The summed E-state index contributed by atoms with van der Waals surface area (Å²) in [6.45, 7) is 5.18. The number of nitrogens with zero attached hydrogens (tertiary/aromatic N) is 5. The van der Waals surface area contributed by atoms with Gasteiger partial charge >= 0.3 is 0 Å². The van der Waals surface area contributed by atoms with E-state index in [-0.39, 0.29) is 17.7 Å². The lowest BCUT2D eigenvalue weighted by Crippen LogP contribution is -2.53. The first kappa shape index (κ1) is 28.2. The number of ether oxygens (including phenoxy) is 1. The predicted molar refractivity (Wildman–Crippen MR) is 164 cm³/mol. The topological polar surface area (TPSA) is 70.9 Å². The minimum absolute atomic E-state index is 0.0519. The number of rotatable bonds is 7. The number of piperidine rings is 1. The van der Waals surface area contributed by atoms with Crippen LogP contribution in [0.5, 0.6) is 5.75 Å². The quantitative estimate of drug-likeness (QED) is 0.307. The Morgan fingerprint density at radius 3 is 2.36 bits per heavy atom. The number of carbonyl (C=O) groups is 2. The molecule has 2 aliphatic rings. The van der Waals surface area contributed by atoms with E-state index in [1.165, 1.54) is 5.56 Å². The highest BCUT2D eigenvalue weighted by atomic mass is 35.5. The Morgan fingerprint density at radius 2 is 1.60 bits per heavy atom. The molecule has 2 saturated heterocycles. The van der Waals surface area contributed by atoms with Crippen LogP contribution in [-0.4, -0.2) is 82.4 Å². The number of methoxy groups -OCH3 is 1. The molecule has 3 aromatic carbocycles. The third-order valence-electron chi connectivity index (χ3n) is 8.44. The molecular weight excluding hydrogens is 550 g/mol. The zero-order valence-electron chi connectivity index (χ0n) is 23.9. The minimum Gasteiger partial charge on any atom is -0.497 e. The number of amides is 2. The van der Waals surface area contributed by atoms with Crippen molar-refractivity contribution in [3.05, 3.63) is 94.8 Å². The van der Waals surface area contributed by atoms with Crippen LogP contribution in [0, 0.1) is 5.92 Å². The van der Waals surface area contributed by atoms with E-state index in [1.807, 2.05) is 35.2 Å². The highest BCUT2D eigenvalue weighted by molar-refractivity contribution is 6.33. The Balaban J connectivity index is 1.10. The van der Waals surface area contributed by atoms with Crippen molar-refractivity contribution in [3.8, 4) is 5.75 Å². The van der Waals surface area contributed by atoms with Crippen LogP contribution >= 0.6 is 11.6 Å². The fourth-order valence-corrected chi connectivity index (χ4v) is 6.35. The van der Waals surface area contributed by atoms with E-state index < -0.39 is 0 Å². The lowest BCUT2D eigenvalue weighted by Gasteiger charge is -2.39. The highest BCUT2D eigenvalue weighted by Crippen LogP contribution is 2.25. The molecule has 2 amide bonds. The van der Waals surface area contributed by atoms with E-state index in [2.05, 4.69) is 39.8 Å². The summed E-state index contributed by atoms with van der Waals surface area (Å²) in [6.07, 6.45) is 1.86. The van der Waals surface area contributed by atoms with E-state index in [9.17, 15) is 9.59 Å². The van der Waals surface area contributed by atoms with Gasteiger partial charge in [-0.15, -0.1) is 0 Å². The number of piperazine rings is 1. The molecule has 0 aliphatic carbocycles. The van der Waals surface area contributed by atoms with Crippen molar-refractivity contribution < 1.29 is 14.3 Å². The third-order valence-corrected chi connectivity index (χ3v) is 8.77. The summed E-state index contributed by atoms with van der Waals surface area (Å²) in [5, 5.41) is 0.459. The number of para-hydroxylation sites is 2. The molecule has 218 valence electrons. The Labute approximate surface area is 251 Å². The number of aromatic nitrogens is 2. The molecule has 4 aromatic rings. The monoisotopic (exact) mass is 585 g/mol. The third kappa shape index (κ3) is 6.01. The minimum atomic E-state index is -0.0749. The molecule has 0 bridgehead atoms. The fourth-order valence-electron chi connectivity index (χ4n) is 6.13. The largest absolute Gasteiger partial charge is 0.497 e. The zero-order chi connectivity index (χ0) is 29.1. The second kappa shape index (κ2) is 12.5. The Morgan fingerprint density at radius 1 is 0.881 bits per heavy atom. The molecule has 0 radical (unpaired) electrons. The van der Waals surface area contributed by atoms with Crippen molar-refractivity contribution in [2.75, 3.05) is 46.4 Å². The molecule has 2 fully saturated rings. The maximum atomic E-state index is 13.6. The maximum Gasteiger partial charge on any atom is 0.255 e. The molecule has 1 aromatic heterocycles. The molecule has 9 heteroatoms. The Hall–Kier alpha value is -3.88. The molecule has 2 aliphatic heterocycles. The summed E-state index contributed by atoms with van der Waals surface area (Å²) in [4.78, 5) is 37.7. The summed E-state index contributed by atoms with van der Waals surface area (Å²) in [5.74, 6) is 1.91. The smallest absolute Gasteiger partial charge is 0.255 e. The van der Waals surface area contributed by atoms with Gasteiger partial charge in [-0.05, 0) is 61.3 Å². The molecule has 1 atom stereocenters. The first-order chi connectivity index (χ1) is 20.5. The lowest BCUT2D eigenvalue weighted by atomic mass is 9.96. The van der Waals surface area contributed by atoms with Crippen LogP contribution in [-0.2, 0) is 17.9 Å². The van der Waals surface area contributed by atoms with E-state index in [0.29, 0.717) is 56.4 Å². The number of hydrogen-bond acceptors (Lipinski definition) is 5. The Kier molecular flexibility index (Phi) is 8.44. The number of benzene rings is 3. The summed E-state index contributed by atoms with van der Waals surface area (Å²) < 4.78 is 7.62. The molecule has 42 heavy (non-hydrogen) atoms. The van der Waals surface area contributed by atoms with Gasteiger partial charge in [0.2, 0.25) is 5.91 Å². The number of likely N-dealkylation sites (tertiary alicyclic amines) is 1. The molecule has 3 heterocycles. The first-order valence-electron chi connectivity index (χ1n) is 14.6. The molecule has 0 saturated carbocycles. The van der Waals surface area contributed by atoms with Gasteiger partial charge in [-0.3, -0.25) is 14.5 Å². The molecule has 0 unspecified atom stereocenters. The maximum absolute atomic E-state index is 13.6. The molecule has 8 nitrogen and oxygen atoms in total. The van der Waals surface area contributed by atoms with Crippen LogP contribution in [0.25, 0.3) is 11.0 Å². The summed E-state index contributed by atoms with van der Waals surface area (Å²) in [6, 6.07) is 23.5. The van der Waals surface area contributed by atoms with Crippen molar-refractivity contribution in [2.24, 2.45) is 5.92 Å². The van der Waals surface area contributed by atoms with Crippen molar-refractivity contribution in [1.82, 2.24) is 24.3 Å². The number of hydrogen-bond donors (Lipinski definition) is 0. The van der Waals surface area contributed by atoms with Gasteiger partial charge in [-0.25, -0.2) is 4.98 Å². The van der Waals surface area contributed by atoms with Gasteiger partial charge in [-0.2, -0.15) is 0 Å². The van der Waals surface area contributed by atoms with Gasteiger partial charge in [0.25, 0.3) is 5.91 Å². The molecule has 6 rings (SSSR count). The van der Waals surface area contributed by atoms with Crippen LogP contribution in [0.3, 0.4) is 0 Å². The fraction of sp³-hybridized carbons (Fsp3) is 0.364. The van der Waals surface area contributed by atoms with E-state index >= 15 is 0 Å². The standard InChI is InChI=1S/C33H36ClN5O3/c1-42-26-14-12-24(13-15-26)21-39-30-11-5-4-10-29(30)35-31(39)23-36-16-6-7-25(22-36)32(40)37-17-19-38(20-18-37)33(41)27-8-2-3-9-28(27)34/h2-5,8-15,25H,6-7,16-23H2,1H3/t25-/m1/s1. The van der Waals surface area contributed by atoms with E-state index in [4.69, 9.17) is 21.3 Å². The second-order valence-corrected chi connectivity index (χ2v) is 11.5. The lowest BCUT2D eigenvalue weighted by molar-refractivity contribution is -0.139. The van der Waals surface area contributed by atoms with Crippen LogP contribution in [0.15, 0.2) is 72.8 Å². The van der Waals surface area contributed by atoms with Crippen LogP contribution in [0.2, 0.25) is 5.02 Å². The summed E-state index contributed by atoms with van der Waals surface area (Å²) >= 11 is 6.25. The average molecular weight is 586 g/mol. The SMILES string of the molecule is COc1ccc(Cn2c(CN3CCC[C@@H](C(=O)N4CCN(C(=O)c5ccccc5Cl)CC4)C3)nc3ccccc32)cc1. The number of carbonyl (C=O) groups excluding carboxylic acids is 2. The molecular formula is C33H36ClN5O3. The van der Waals surface area contributed by atoms with Gasteiger partial charge in [-0.1, -0.05) is 48.0 Å². The normalized spacial score (nSPS) is 17.9. The van der Waals surface area contributed by atoms with Gasteiger partial charge in [0.15, 0.2) is 0 Å². The summed E-state index contributed by atoms with van der Waals surface area (Å²) in [5.41, 5.74) is 3.78. The molecule has 0 N–H and O–H groups in total. The van der Waals surface area contributed by atoms with E-state index in [1.54, 1.807) is 24.1 Å². The van der Waals surface area contributed by atoms with Crippen molar-refractivity contribution in [3.63, 3.8) is 0 Å². The van der Waals surface area contributed by atoms with Gasteiger partial charge < -0.3 is 19.1 Å². The number of halogens is 1. The van der Waals surface area contributed by atoms with Crippen molar-refractivity contribution in [2.45, 2.75) is 25.9 Å². The van der Waals surface area contributed by atoms with Crippen LogP contribution in [0.4, 0.5) is 0 Å². The molecule has 0 spiro atoms. The van der Waals surface area contributed by atoms with Crippen LogP contribution < -0.4 is 4.74 Å². The number of fused-ring (bicyclic) bond motifs is 1. The summed E-state index contributed by atoms with van der Waals surface area (Å²) in [7, 11) is 1.68. The number of imidazole rings is 1. The van der Waals surface area contributed by atoms with Gasteiger partial charge in [0.1, 0.15) is 11.6 Å². The van der Waals surface area contributed by atoms with Crippen molar-refractivity contribution in [1.29, 1.82) is 0 Å². The second-order valence-electron chi connectivity index (χ2n) is 11.1. The highest BCUT2D eigenvalue weighted by Gasteiger charge is 2.33. The predicted octanol–water partition coefficient (Wildman–Crippen LogP) is 4.94. The van der Waals surface area contributed by atoms with Gasteiger partial charge in [0, 0.05) is 39.3 Å². The first-order valence-corrected chi connectivity index (χ1v) is 15.0.